The van der Waals surface area contributed by atoms with Gasteiger partial charge in [-0.1, -0.05) is 6.07 Å². The molecule has 3 nitrogen and oxygen atoms in total. The summed E-state index contributed by atoms with van der Waals surface area (Å²) in [4.78, 5) is -1.20. The normalized spacial score (nSPS) is 23.9. The Morgan fingerprint density at radius 3 is 2.43 bits per heavy atom. The first kappa shape index (κ1) is 21.2. The van der Waals surface area contributed by atoms with Crippen LogP contribution in [0.2, 0.25) is 0 Å². The summed E-state index contributed by atoms with van der Waals surface area (Å²) in [5, 5.41) is 10.1. The molecule has 4 rings (SSSR count). The molecular formula is C20H16F6O3S. The van der Waals surface area contributed by atoms with Crippen LogP contribution < -0.4 is 0 Å². The van der Waals surface area contributed by atoms with Gasteiger partial charge in [0.25, 0.3) is 9.84 Å². The van der Waals surface area contributed by atoms with Gasteiger partial charge in [0.1, 0.15) is 23.9 Å². The second-order valence-corrected chi connectivity index (χ2v) is 9.47. The van der Waals surface area contributed by atoms with E-state index in [1.54, 1.807) is 0 Å². The number of hydrogen-bond donors (Lipinski definition) is 1. The van der Waals surface area contributed by atoms with Crippen LogP contribution >= 0.6 is 0 Å². The van der Waals surface area contributed by atoms with E-state index in [1.165, 1.54) is 6.07 Å². The van der Waals surface area contributed by atoms with Crippen LogP contribution in [0, 0.1) is 11.6 Å². The Morgan fingerprint density at radius 1 is 1.07 bits per heavy atom. The van der Waals surface area contributed by atoms with Gasteiger partial charge in [-0.25, -0.2) is 21.6 Å². The highest BCUT2D eigenvalue weighted by atomic mass is 32.2. The molecule has 2 aliphatic rings. The van der Waals surface area contributed by atoms with Crippen molar-refractivity contribution in [3.63, 3.8) is 0 Å². The Kier molecular flexibility index (Phi) is 4.93. The molecule has 2 aliphatic carbocycles. The number of sulfone groups is 1. The van der Waals surface area contributed by atoms with Gasteiger partial charge in [-0.15, -0.1) is 0 Å². The van der Waals surface area contributed by atoms with E-state index < -0.39 is 62.1 Å². The number of fused-ring (bicyclic) bond motifs is 2. The third-order valence-electron chi connectivity index (χ3n) is 5.83. The maximum Gasteiger partial charge on any atom is 0.501 e. The molecule has 2 aromatic rings. The molecule has 1 unspecified atom stereocenters. The van der Waals surface area contributed by atoms with Gasteiger partial charge < -0.3 is 5.11 Å². The lowest BCUT2D eigenvalue weighted by atomic mass is 9.76. The van der Waals surface area contributed by atoms with Gasteiger partial charge in [-0.3, -0.25) is 0 Å². The molecule has 0 saturated heterocycles. The molecule has 0 bridgehead atoms. The number of benzene rings is 2. The number of alkyl halides is 4. The van der Waals surface area contributed by atoms with E-state index >= 15 is 0 Å². The van der Waals surface area contributed by atoms with Gasteiger partial charge in [-0.2, -0.15) is 13.2 Å². The van der Waals surface area contributed by atoms with Gasteiger partial charge in [0.15, 0.2) is 0 Å². The highest BCUT2D eigenvalue weighted by Crippen LogP contribution is 2.48. The summed E-state index contributed by atoms with van der Waals surface area (Å²) in [7, 11) is -5.83. The number of rotatable bonds is 2. The maximum absolute atomic E-state index is 14.6. The van der Waals surface area contributed by atoms with Crippen LogP contribution in [0.1, 0.15) is 52.7 Å². The second-order valence-electron chi connectivity index (χ2n) is 7.56. The molecule has 2 aromatic carbocycles. The summed E-state index contributed by atoms with van der Waals surface area (Å²) in [6.07, 6.45) is -3.25. The molecule has 162 valence electrons. The predicted molar refractivity (Wildman–Crippen MR) is 94.4 cm³/mol. The van der Waals surface area contributed by atoms with E-state index in [0.29, 0.717) is 37.0 Å². The lowest BCUT2D eigenvalue weighted by Gasteiger charge is -2.28. The monoisotopic (exact) mass is 450 g/mol. The maximum atomic E-state index is 14.6. The molecule has 1 N–H and O–H groups in total. The van der Waals surface area contributed by atoms with Gasteiger partial charge in [0, 0.05) is 24.0 Å². The van der Waals surface area contributed by atoms with Gasteiger partial charge in [0.2, 0.25) is 0 Å². The summed E-state index contributed by atoms with van der Waals surface area (Å²) in [6.45, 7) is 0. The molecule has 10 heteroatoms. The minimum absolute atomic E-state index is 0.0677. The fourth-order valence-corrected chi connectivity index (χ4v) is 5.60. The highest BCUT2D eigenvalue weighted by Gasteiger charge is 2.50. The van der Waals surface area contributed by atoms with Crippen molar-refractivity contribution in [2.24, 2.45) is 0 Å². The molecule has 30 heavy (non-hydrogen) atoms. The van der Waals surface area contributed by atoms with Crippen LogP contribution in [0.15, 0.2) is 29.2 Å². The summed E-state index contributed by atoms with van der Waals surface area (Å²) in [6, 6.07) is 3.69. The zero-order valence-corrected chi connectivity index (χ0v) is 16.1. The molecule has 3 atom stereocenters. The Balaban J connectivity index is 1.94. The first-order chi connectivity index (χ1) is 13.9. The Hall–Kier alpha value is -2.07. The van der Waals surface area contributed by atoms with E-state index in [-0.39, 0.29) is 16.7 Å². The SMILES string of the molecule is O=S(=O)(c1ccc(C2CCCc3cc(F)cc(F)c32)c2c1[C@H](O)[C@H](F)C2)C(F)(F)F. The van der Waals surface area contributed by atoms with Crippen LogP contribution in [0.3, 0.4) is 0 Å². The Labute approximate surface area is 168 Å². The van der Waals surface area contributed by atoms with Crippen molar-refractivity contribution >= 4 is 9.84 Å². The third-order valence-corrected chi connectivity index (χ3v) is 7.37. The van der Waals surface area contributed by atoms with Gasteiger partial charge in [-0.05, 0) is 53.6 Å². The van der Waals surface area contributed by atoms with Crippen LogP contribution in [0.25, 0.3) is 0 Å². The third kappa shape index (κ3) is 3.11. The molecule has 0 fully saturated rings. The molecule has 0 amide bonds. The molecule has 0 aromatic heterocycles. The van der Waals surface area contributed by atoms with Crippen molar-refractivity contribution in [2.45, 2.75) is 54.3 Å². The number of aliphatic hydroxyl groups is 1. The molecule has 0 radical (unpaired) electrons. The summed E-state index contributed by atoms with van der Waals surface area (Å²) in [5.41, 5.74) is -5.52. The minimum Gasteiger partial charge on any atom is -0.385 e. The van der Waals surface area contributed by atoms with Crippen molar-refractivity contribution in [2.75, 3.05) is 0 Å². The molecular weight excluding hydrogens is 434 g/mol. The quantitative estimate of drug-likeness (QED) is 0.678. The average molecular weight is 450 g/mol. The first-order valence-electron chi connectivity index (χ1n) is 9.20. The fraction of sp³-hybridized carbons (Fsp3) is 0.400. The number of halogens is 6. The topological polar surface area (TPSA) is 54.4 Å². The van der Waals surface area contributed by atoms with Crippen molar-refractivity contribution in [3.8, 4) is 0 Å². The fourth-order valence-electron chi connectivity index (χ4n) is 4.57. The predicted octanol–water partition coefficient (Wildman–Crippen LogP) is 4.65. The number of aliphatic hydroxyl groups excluding tert-OH is 1. The van der Waals surface area contributed by atoms with E-state index in [4.69, 9.17) is 0 Å². The highest BCUT2D eigenvalue weighted by molar-refractivity contribution is 7.92. The second kappa shape index (κ2) is 6.98. The largest absolute Gasteiger partial charge is 0.501 e. The van der Waals surface area contributed by atoms with Crippen molar-refractivity contribution in [3.05, 3.63) is 63.7 Å². The molecule has 0 spiro atoms. The lowest BCUT2D eigenvalue weighted by Crippen LogP contribution is -2.25. The molecule has 0 saturated carbocycles. The Bertz CT molecular complexity index is 1130. The van der Waals surface area contributed by atoms with Crippen LogP contribution in [0.4, 0.5) is 26.3 Å². The van der Waals surface area contributed by atoms with Crippen LogP contribution in [-0.2, 0) is 22.7 Å². The summed E-state index contributed by atoms with van der Waals surface area (Å²) < 4.78 is 106. The van der Waals surface area contributed by atoms with Crippen molar-refractivity contribution in [1.29, 1.82) is 0 Å². The van der Waals surface area contributed by atoms with E-state index in [1.807, 2.05) is 0 Å². The van der Waals surface area contributed by atoms with Gasteiger partial charge >= 0.3 is 5.51 Å². The van der Waals surface area contributed by atoms with E-state index in [9.17, 15) is 39.9 Å². The van der Waals surface area contributed by atoms with E-state index in [0.717, 1.165) is 6.07 Å². The lowest BCUT2D eigenvalue weighted by molar-refractivity contribution is -0.0437. The smallest absolute Gasteiger partial charge is 0.385 e. The van der Waals surface area contributed by atoms with E-state index in [2.05, 4.69) is 0 Å². The molecule has 0 heterocycles. The Morgan fingerprint density at radius 2 is 1.77 bits per heavy atom. The first-order valence-corrected chi connectivity index (χ1v) is 10.7. The zero-order valence-electron chi connectivity index (χ0n) is 15.3. The minimum atomic E-state index is -5.83. The van der Waals surface area contributed by atoms with Crippen molar-refractivity contribution < 1.29 is 39.9 Å². The zero-order chi connectivity index (χ0) is 22.0. The summed E-state index contributed by atoms with van der Waals surface area (Å²) >= 11 is 0. The summed E-state index contributed by atoms with van der Waals surface area (Å²) in [5.74, 6) is -2.31. The average Bonchev–Trinajstić information content (AvgIpc) is 2.94. The van der Waals surface area contributed by atoms with Crippen LogP contribution in [0.5, 0.6) is 0 Å². The van der Waals surface area contributed by atoms with Crippen LogP contribution in [-0.4, -0.2) is 25.2 Å². The van der Waals surface area contributed by atoms with Gasteiger partial charge in [0.05, 0.1) is 4.90 Å². The number of hydrogen-bond acceptors (Lipinski definition) is 3. The molecule has 0 aliphatic heterocycles. The number of aryl methyl sites for hydroxylation is 1. The standard InChI is InChI=1S/C20H16F6O3S/c21-10-6-9-2-1-3-12(17(9)14(22)7-10)11-4-5-16(30(28,29)20(24,25)26)18-13(11)8-15(23)19(18)27/h4-7,12,15,19,27H,1-3,8H2/t12?,15-,19-/m1/s1. The van der Waals surface area contributed by atoms with Crippen molar-refractivity contribution in [1.82, 2.24) is 0 Å².